The van der Waals surface area contributed by atoms with Crippen molar-refractivity contribution in [3.8, 4) is 5.75 Å². The third-order valence-electron chi connectivity index (χ3n) is 3.34. The minimum Gasteiger partial charge on any atom is -0.487 e. The Bertz CT molecular complexity index is 528. The summed E-state index contributed by atoms with van der Waals surface area (Å²) in [5.41, 5.74) is 0.0493. The summed E-state index contributed by atoms with van der Waals surface area (Å²) in [5, 5.41) is 14.1. The van der Waals surface area contributed by atoms with Crippen LogP contribution in [0.25, 0.3) is 0 Å². The van der Waals surface area contributed by atoms with E-state index in [4.69, 9.17) is 4.74 Å². The third-order valence-corrected chi connectivity index (χ3v) is 3.34. The third kappa shape index (κ3) is 2.57. The highest BCUT2D eigenvalue weighted by atomic mass is 16.6. The van der Waals surface area contributed by atoms with Crippen molar-refractivity contribution in [3.63, 3.8) is 0 Å². The quantitative estimate of drug-likeness (QED) is 0.643. The second kappa shape index (κ2) is 5.87. The van der Waals surface area contributed by atoms with Gasteiger partial charge < -0.3 is 15.0 Å². The highest BCUT2D eigenvalue weighted by Crippen LogP contribution is 2.32. The molecule has 1 aromatic carbocycles. The van der Waals surface area contributed by atoms with Crippen molar-refractivity contribution in [2.45, 2.75) is 13.0 Å². The van der Waals surface area contributed by atoms with E-state index in [1.165, 1.54) is 12.1 Å². The lowest BCUT2D eigenvalue weighted by atomic mass is 10.1. The topological polar surface area (TPSA) is 84.7 Å². The summed E-state index contributed by atoms with van der Waals surface area (Å²) < 4.78 is 5.33. The van der Waals surface area contributed by atoms with Gasteiger partial charge in [0, 0.05) is 26.2 Å². The number of amides is 1. The van der Waals surface area contributed by atoms with Crippen molar-refractivity contribution in [2.75, 3.05) is 26.7 Å². The number of para-hydroxylation sites is 1. The number of nitrogens with one attached hydrogen (secondary N) is 1. The minimum atomic E-state index is -0.535. The molecule has 0 radical (unpaired) electrons. The first kappa shape index (κ1) is 14.3. The molecule has 108 valence electrons. The fraction of sp³-hybridized carbons (Fsp3) is 0.462. The number of nitrogens with zero attached hydrogens (tertiary/aromatic N) is 2. The van der Waals surface area contributed by atoms with E-state index in [9.17, 15) is 14.9 Å². The highest BCUT2D eigenvalue weighted by molar-refractivity contribution is 5.98. The van der Waals surface area contributed by atoms with Crippen molar-refractivity contribution in [3.05, 3.63) is 33.9 Å². The van der Waals surface area contributed by atoms with Crippen molar-refractivity contribution in [1.29, 1.82) is 0 Å². The molecule has 7 nitrogen and oxygen atoms in total. The van der Waals surface area contributed by atoms with Crippen LogP contribution in [0.4, 0.5) is 5.69 Å². The van der Waals surface area contributed by atoms with Gasteiger partial charge in [0.05, 0.1) is 23.1 Å². The number of hydrogen-bond acceptors (Lipinski definition) is 5. The average molecular weight is 279 g/mol. The lowest BCUT2D eigenvalue weighted by Crippen LogP contribution is -2.57. The molecule has 0 atom stereocenters. The lowest BCUT2D eigenvalue weighted by molar-refractivity contribution is -0.385. The predicted molar refractivity (Wildman–Crippen MR) is 73.0 cm³/mol. The average Bonchev–Trinajstić information content (AvgIpc) is 2.36. The van der Waals surface area contributed by atoms with Gasteiger partial charge in [-0.15, -0.1) is 0 Å². The maximum atomic E-state index is 12.4. The fourth-order valence-corrected chi connectivity index (χ4v) is 2.04. The van der Waals surface area contributed by atoms with Gasteiger partial charge in [0.25, 0.3) is 5.91 Å². The van der Waals surface area contributed by atoms with E-state index < -0.39 is 4.92 Å². The van der Waals surface area contributed by atoms with E-state index in [2.05, 4.69) is 5.32 Å². The number of ether oxygens (including phenoxy) is 1. The molecule has 0 unspecified atom stereocenters. The van der Waals surface area contributed by atoms with Crippen LogP contribution in [-0.4, -0.2) is 48.5 Å². The molecule has 0 aliphatic carbocycles. The molecule has 0 bridgehead atoms. The fourth-order valence-electron chi connectivity index (χ4n) is 2.04. The lowest BCUT2D eigenvalue weighted by Gasteiger charge is -2.35. The zero-order valence-corrected chi connectivity index (χ0v) is 11.5. The van der Waals surface area contributed by atoms with Gasteiger partial charge in [-0.3, -0.25) is 14.9 Å². The van der Waals surface area contributed by atoms with E-state index in [1.54, 1.807) is 24.9 Å². The van der Waals surface area contributed by atoms with Crippen molar-refractivity contribution < 1.29 is 14.5 Å². The SMILES string of the molecule is CCOc1c(C(=O)N(C)C2CNC2)cccc1[N+](=O)[O-]. The van der Waals surface area contributed by atoms with E-state index in [1.807, 2.05) is 0 Å². The summed E-state index contributed by atoms with van der Waals surface area (Å²) in [5.74, 6) is -0.215. The van der Waals surface area contributed by atoms with Crippen LogP contribution in [0.3, 0.4) is 0 Å². The molecule has 1 fully saturated rings. The van der Waals surface area contributed by atoms with Crippen LogP contribution in [-0.2, 0) is 0 Å². The van der Waals surface area contributed by atoms with Crippen LogP contribution in [0, 0.1) is 10.1 Å². The number of carbonyl (C=O) groups excluding carboxylic acids is 1. The highest BCUT2D eigenvalue weighted by Gasteiger charge is 2.30. The molecule has 0 aromatic heterocycles. The van der Waals surface area contributed by atoms with Gasteiger partial charge in [0.1, 0.15) is 0 Å². The second-order valence-electron chi connectivity index (χ2n) is 4.57. The molecule has 1 N–H and O–H groups in total. The van der Waals surface area contributed by atoms with Gasteiger partial charge in [0.2, 0.25) is 5.75 Å². The first-order valence-corrected chi connectivity index (χ1v) is 6.44. The van der Waals surface area contributed by atoms with Gasteiger partial charge in [0.15, 0.2) is 0 Å². The predicted octanol–water partition coefficient (Wildman–Crippen LogP) is 1.04. The van der Waals surface area contributed by atoms with Crippen LogP contribution in [0.15, 0.2) is 18.2 Å². The molecular formula is C13H17N3O4. The van der Waals surface area contributed by atoms with Gasteiger partial charge >= 0.3 is 5.69 Å². The molecule has 7 heteroatoms. The van der Waals surface area contributed by atoms with Crippen molar-refractivity contribution in [2.24, 2.45) is 0 Å². The van der Waals surface area contributed by atoms with Crippen molar-refractivity contribution in [1.82, 2.24) is 10.2 Å². The molecule has 1 aliphatic rings. The maximum Gasteiger partial charge on any atom is 0.311 e. The van der Waals surface area contributed by atoms with E-state index in [0.29, 0.717) is 0 Å². The van der Waals surface area contributed by atoms with Gasteiger partial charge in [-0.1, -0.05) is 6.07 Å². The number of rotatable bonds is 5. The Morgan fingerprint density at radius 2 is 2.25 bits per heavy atom. The summed E-state index contributed by atoms with van der Waals surface area (Å²) in [6.45, 7) is 3.46. The van der Waals surface area contributed by atoms with Crippen LogP contribution < -0.4 is 10.1 Å². The Labute approximate surface area is 116 Å². The molecule has 0 spiro atoms. The first-order valence-electron chi connectivity index (χ1n) is 6.44. The molecular weight excluding hydrogens is 262 g/mol. The van der Waals surface area contributed by atoms with Gasteiger partial charge in [-0.05, 0) is 13.0 Å². The Morgan fingerprint density at radius 1 is 1.55 bits per heavy atom. The normalized spacial score (nSPS) is 14.5. The largest absolute Gasteiger partial charge is 0.487 e. The Hall–Kier alpha value is -2.15. The molecule has 20 heavy (non-hydrogen) atoms. The summed E-state index contributed by atoms with van der Waals surface area (Å²) in [4.78, 5) is 24.5. The Kier molecular flexibility index (Phi) is 4.19. The van der Waals surface area contributed by atoms with Gasteiger partial charge in [-0.2, -0.15) is 0 Å². The summed E-state index contributed by atoms with van der Waals surface area (Å²) in [6, 6.07) is 4.52. The zero-order valence-electron chi connectivity index (χ0n) is 11.5. The van der Waals surface area contributed by atoms with E-state index >= 15 is 0 Å². The smallest absolute Gasteiger partial charge is 0.311 e. The number of hydrogen-bond donors (Lipinski definition) is 1. The summed E-state index contributed by atoms with van der Waals surface area (Å²) >= 11 is 0. The van der Waals surface area contributed by atoms with Crippen molar-refractivity contribution >= 4 is 11.6 Å². The van der Waals surface area contributed by atoms with Crippen LogP contribution in [0.1, 0.15) is 17.3 Å². The minimum absolute atomic E-state index is 0.0455. The molecule has 1 saturated heterocycles. The second-order valence-corrected chi connectivity index (χ2v) is 4.57. The summed E-state index contributed by atoms with van der Waals surface area (Å²) in [7, 11) is 1.70. The molecule has 2 rings (SSSR count). The number of carbonyl (C=O) groups is 1. The Morgan fingerprint density at radius 3 is 2.75 bits per heavy atom. The maximum absolute atomic E-state index is 12.4. The zero-order chi connectivity index (χ0) is 14.7. The number of likely N-dealkylation sites (N-methyl/N-ethyl adjacent to an activating group) is 1. The van der Waals surface area contributed by atoms with E-state index in [0.717, 1.165) is 13.1 Å². The molecule has 1 aromatic rings. The molecule has 1 aliphatic heterocycles. The molecule has 1 amide bonds. The Balaban J connectivity index is 2.36. The number of nitro groups is 1. The summed E-state index contributed by atoms with van der Waals surface area (Å²) in [6.07, 6.45) is 0. The molecule has 0 saturated carbocycles. The standard InChI is InChI=1S/C13H17N3O4/c1-3-20-12-10(5-4-6-11(12)16(18)19)13(17)15(2)9-7-14-8-9/h4-6,9,14H,3,7-8H2,1-2H3. The van der Waals surface area contributed by atoms with Crippen LogP contribution in [0.2, 0.25) is 0 Å². The number of benzene rings is 1. The van der Waals surface area contributed by atoms with Gasteiger partial charge in [-0.25, -0.2) is 0 Å². The van der Waals surface area contributed by atoms with Crippen LogP contribution in [0.5, 0.6) is 5.75 Å². The first-order chi connectivity index (χ1) is 9.56. The van der Waals surface area contributed by atoms with Crippen LogP contribution >= 0.6 is 0 Å². The number of nitro benzene ring substituents is 1. The monoisotopic (exact) mass is 279 g/mol. The molecule has 1 heterocycles. The van der Waals surface area contributed by atoms with E-state index in [-0.39, 0.29) is 35.6 Å².